The largest absolute Gasteiger partial charge is 0.462 e. The van der Waals surface area contributed by atoms with Crippen molar-refractivity contribution in [2.24, 2.45) is 70.5 Å². The maximum Gasteiger partial charge on any atom is 0.311 e. The number of rotatable bonds is 7. The van der Waals surface area contributed by atoms with E-state index in [9.17, 15) is 14.4 Å². The second-order valence-corrected chi connectivity index (χ2v) is 14.2. The molecule has 6 heteroatoms. The number of esters is 2. The first-order valence-electron chi connectivity index (χ1n) is 14.8. The van der Waals surface area contributed by atoms with Crippen molar-refractivity contribution >= 4 is 17.7 Å². The number of carbonyl (C=O) groups is 3. The molecular weight excluding hydrogens is 480 g/mol. The van der Waals surface area contributed by atoms with Gasteiger partial charge < -0.3 is 14.2 Å². The van der Waals surface area contributed by atoms with Crippen molar-refractivity contribution in [3.63, 3.8) is 0 Å². The van der Waals surface area contributed by atoms with E-state index < -0.39 is 5.41 Å². The molecule has 0 aromatic rings. The summed E-state index contributed by atoms with van der Waals surface area (Å²) in [5.74, 6) is 4.79. The monoisotopic (exact) mass is 530 g/mol. The fourth-order valence-electron chi connectivity index (χ4n) is 10.5. The van der Waals surface area contributed by atoms with E-state index in [2.05, 4.69) is 0 Å². The smallest absolute Gasteiger partial charge is 0.311 e. The molecule has 0 N–H and O–H groups in total. The Morgan fingerprint density at radius 1 is 0.868 bits per heavy atom. The molecule has 0 saturated heterocycles. The molecule has 214 valence electrons. The third-order valence-electron chi connectivity index (χ3n) is 12.3. The molecule has 8 fully saturated rings. The fourth-order valence-corrected chi connectivity index (χ4v) is 10.5. The van der Waals surface area contributed by atoms with Crippen LogP contribution in [0.25, 0.3) is 0 Å². The lowest BCUT2D eigenvalue weighted by Crippen LogP contribution is -2.55. The topological polar surface area (TPSA) is 78.9 Å². The van der Waals surface area contributed by atoms with Crippen molar-refractivity contribution in [2.75, 3.05) is 6.79 Å². The van der Waals surface area contributed by atoms with E-state index in [1.165, 1.54) is 0 Å². The first-order valence-corrected chi connectivity index (χ1v) is 14.8. The van der Waals surface area contributed by atoms with Gasteiger partial charge in [0.15, 0.2) is 6.79 Å². The zero-order valence-corrected chi connectivity index (χ0v) is 22.0. The summed E-state index contributed by atoms with van der Waals surface area (Å²) in [5.41, 5.74) is -0.440. The number of Topliss-reactive ketones (excluding diaryl/α,β-unsaturated/α-hetero) is 1. The third-order valence-corrected chi connectivity index (χ3v) is 12.3. The van der Waals surface area contributed by atoms with Crippen LogP contribution >= 0.6 is 0 Å². The van der Waals surface area contributed by atoms with Gasteiger partial charge in [0, 0.05) is 11.8 Å². The van der Waals surface area contributed by atoms with Gasteiger partial charge in [-0.25, -0.2) is 0 Å². The molecule has 8 saturated carbocycles. The van der Waals surface area contributed by atoms with Crippen molar-refractivity contribution < 1.29 is 28.6 Å². The number of ketones is 1. The van der Waals surface area contributed by atoms with Crippen LogP contribution in [0, 0.1) is 70.5 Å². The molecule has 38 heavy (non-hydrogen) atoms. The van der Waals surface area contributed by atoms with Crippen LogP contribution in [0.15, 0.2) is 0 Å². The van der Waals surface area contributed by atoms with Crippen LogP contribution in [-0.4, -0.2) is 36.7 Å². The molecule has 0 aromatic carbocycles. The summed E-state index contributed by atoms with van der Waals surface area (Å²) < 4.78 is 18.0. The van der Waals surface area contributed by atoms with E-state index in [-0.39, 0.29) is 63.5 Å². The molecule has 8 aliphatic carbocycles. The van der Waals surface area contributed by atoms with E-state index in [0.717, 1.165) is 57.8 Å². The standard InChI is InChI=1S/C30H42O6.2CH4/c1-4-30(2,3)29(33)36-23-12-16-11-21(23)25-19-9-15(24(16)25)10-20(19)28(32)35-13-34-27-18-6-14-5-17(8-18)26(31)22(27)7-14;;/h14-25,27H,4-13H2,1-3H3;2*1H4. The Bertz CT molecular complexity index is 958. The number of hydrogen-bond donors (Lipinski definition) is 0. The van der Waals surface area contributed by atoms with Crippen LogP contribution in [0.1, 0.15) is 93.4 Å². The van der Waals surface area contributed by atoms with Gasteiger partial charge in [-0.15, -0.1) is 0 Å². The average Bonchev–Trinajstić information content (AvgIpc) is 3.62. The molecule has 0 spiro atoms. The molecule has 8 rings (SSSR count). The number of fused-ring (bicyclic) bond motifs is 9. The first kappa shape index (κ1) is 28.1. The number of carbonyl (C=O) groups excluding carboxylic acids is 3. The van der Waals surface area contributed by atoms with Crippen LogP contribution in [0.4, 0.5) is 0 Å². The van der Waals surface area contributed by atoms with Crippen molar-refractivity contribution in [3.8, 4) is 0 Å². The molecule has 6 nitrogen and oxygen atoms in total. The van der Waals surface area contributed by atoms with Gasteiger partial charge in [-0.1, -0.05) is 21.8 Å². The van der Waals surface area contributed by atoms with E-state index in [4.69, 9.17) is 14.2 Å². The van der Waals surface area contributed by atoms with E-state index >= 15 is 0 Å². The molecule has 13 atom stereocenters. The molecule has 0 heterocycles. The summed E-state index contributed by atoms with van der Waals surface area (Å²) in [6, 6.07) is 0. The normalized spacial score (nSPS) is 46.9. The Labute approximate surface area is 229 Å². The van der Waals surface area contributed by atoms with Gasteiger partial charge in [-0.2, -0.15) is 0 Å². The minimum Gasteiger partial charge on any atom is -0.462 e. The highest BCUT2D eigenvalue weighted by molar-refractivity contribution is 5.86. The maximum absolute atomic E-state index is 13.2. The van der Waals surface area contributed by atoms with Gasteiger partial charge in [-0.05, 0) is 119 Å². The van der Waals surface area contributed by atoms with Gasteiger partial charge >= 0.3 is 11.9 Å². The van der Waals surface area contributed by atoms with Crippen LogP contribution in [-0.2, 0) is 28.6 Å². The van der Waals surface area contributed by atoms with Crippen LogP contribution < -0.4 is 0 Å². The summed E-state index contributed by atoms with van der Waals surface area (Å²) in [6.45, 7) is 5.96. The number of ether oxygens (including phenoxy) is 3. The quantitative estimate of drug-likeness (QED) is 0.226. The minimum atomic E-state index is -0.440. The van der Waals surface area contributed by atoms with Crippen LogP contribution in [0.5, 0.6) is 0 Å². The van der Waals surface area contributed by atoms with Crippen molar-refractivity contribution in [2.45, 2.75) is 106 Å². The molecule has 0 aromatic heterocycles. The minimum absolute atomic E-state index is 0. The Morgan fingerprint density at radius 3 is 2.37 bits per heavy atom. The first-order chi connectivity index (χ1) is 17.2. The van der Waals surface area contributed by atoms with Gasteiger partial charge in [-0.3, -0.25) is 14.4 Å². The van der Waals surface area contributed by atoms with Gasteiger partial charge in [0.1, 0.15) is 11.9 Å². The van der Waals surface area contributed by atoms with Crippen molar-refractivity contribution in [1.82, 2.24) is 0 Å². The number of hydrogen-bond acceptors (Lipinski definition) is 6. The summed E-state index contributed by atoms with van der Waals surface area (Å²) in [6.07, 6.45) is 9.12. The average molecular weight is 531 g/mol. The summed E-state index contributed by atoms with van der Waals surface area (Å²) in [4.78, 5) is 38.7. The Morgan fingerprint density at radius 2 is 1.61 bits per heavy atom. The third kappa shape index (κ3) is 4.09. The van der Waals surface area contributed by atoms with E-state index in [1.807, 2.05) is 20.8 Å². The highest BCUT2D eigenvalue weighted by Gasteiger charge is 2.66. The molecule has 8 aliphatic rings. The lowest BCUT2D eigenvalue weighted by Gasteiger charge is -2.52. The SMILES string of the molecule is C.C.CCC(C)(C)C(=O)OC1CC2CC1C1C3CC(CC3C(=O)OCOC3C4CC5CC(C4)C(=O)C3C5)C21. The molecule has 0 radical (unpaired) electrons. The van der Waals surface area contributed by atoms with E-state index in [1.54, 1.807) is 0 Å². The molecule has 0 amide bonds. The summed E-state index contributed by atoms with van der Waals surface area (Å²) in [7, 11) is 0. The Hall–Kier alpha value is -1.43. The fraction of sp³-hybridized carbons (Fsp3) is 0.906. The van der Waals surface area contributed by atoms with E-state index in [0.29, 0.717) is 53.1 Å². The second-order valence-electron chi connectivity index (χ2n) is 14.2. The predicted molar refractivity (Wildman–Crippen MR) is 144 cm³/mol. The second kappa shape index (κ2) is 9.89. The lowest BCUT2D eigenvalue weighted by atomic mass is 9.54. The maximum atomic E-state index is 13.2. The molecule has 8 bridgehead atoms. The van der Waals surface area contributed by atoms with Crippen molar-refractivity contribution in [1.29, 1.82) is 0 Å². The zero-order valence-electron chi connectivity index (χ0n) is 22.0. The molecule has 13 unspecified atom stereocenters. The Kier molecular flexibility index (Phi) is 7.31. The molecular formula is C32H50O6. The summed E-state index contributed by atoms with van der Waals surface area (Å²) in [5, 5.41) is 0. The predicted octanol–water partition coefficient (Wildman–Crippen LogP) is 6.06. The van der Waals surface area contributed by atoms with Gasteiger partial charge in [0.2, 0.25) is 0 Å². The van der Waals surface area contributed by atoms with Crippen molar-refractivity contribution in [3.05, 3.63) is 0 Å². The lowest BCUT2D eigenvalue weighted by molar-refractivity contribution is -0.193. The Balaban J connectivity index is 0.00000147. The highest BCUT2D eigenvalue weighted by Crippen LogP contribution is 2.69. The van der Waals surface area contributed by atoms with Gasteiger partial charge in [0.05, 0.1) is 17.4 Å². The van der Waals surface area contributed by atoms with Crippen LogP contribution in [0.2, 0.25) is 0 Å². The highest BCUT2D eigenvalue weighted by atomic mass is 16.7. The van der Waals surface area contributed by atoms with Gasteiger partial charge in [0.25, 0.3) is 0 Å². The van der Waals surface area contributed by atoms with Crippen LogP contribution in [0.3, 0.4) is 0 Å². The zero-order chi connectivity index (χ0) is 24.9. The molecule has 0 aliphatic heterocycles. The summed E-state index contributed by atoms with van der Waals surface area (Å²) >= 11 is 0.